The number of nitrogens with zero attached hydrogens (tertiary/aromatic N) is 5. The number of hydrogen-bond acceptors (Lipinski definition) is 8. The van der Waals surface area contributed by atoms with Crippen molar-refractivity contribution in [3.63, 3.8) is 0 Å². The Morgan fingerprint density at radius 1 is 1.20 bits per heavy atom. The van der Waals surface area contributed by atoms with Crippen molar-refractivity contribution in [2.24, 2.45) is 0 Å². The summed E-state index contributed by atoms with van der Waals surface area (Å²) in [6, 6.07) is 12.4. The van der Waals surface area contributed by atoms with Crippen LogP contribution < -0.4 is 10.6 Å². The monoisotopic (exact) mass is 581 g/mol. The Balaban J connectivity index is 1.07. The number of rotatable bonds is 7. The minimum Gasteiger partial charge on any atom is -0.384 e. The van der Waals surface area contributed by atoms with Crippen LogP contribution in [-0.2, 0) is 24.2 Å². The van der Waals surface area contributed by atoms with Crippen molar-refractivity contribution in [1.29, 1.82) is 5.26 Å². The summed E-state index contributed by atoms with van der Waals surface area (Å²) in [5.41, 5.74) is 3.69. The zero-order valence-corrected chi connectivity index (χ0v) is 23.2. The van der Waals surface area contributed by atoms with E-state index in [1.54, 1.807) is 6.07 Å². The molecular weight excluding hydrogens is 551 g/mol. The van der Waals surface area contributed by atoms with Crippen molar-refractivity contribution in [2.75, 3.05) is 31.6 Å². The first-order valence-electron chi connectivity index (χ1n) is 13.6. The van der Waals surface area contributed by atoms with Gasteiger partial charge in [-0.25, -0.2) is 9.97 Å². The van der Waals surface area contributed by atoms with Crippen LogP contribution in [0.2, 0.25) is 0 Å². The van der Waals surface area contributed by atoms with E-state index in [1.165, 1.54) is 11.9 Å². The predicted octanol–water partition coefficient (Wildman–Crippen LogP) is 5.20. The third kappa shape index (κ3) is 6.32. The van der Waals surface area contributed by atoms with Crippen LogP contribution >= 0.6 is 11.3 Å². The lowest BCUT2D eigenvalue weighted by Gasteiger charge is -2.32. The van der Waals surface area contributed by atoms with E-state index >= 15 is 0 Å². The third-order valence-electron chi connectivity index (χ3n) is 7.63. The number of nitriles is 1. The van der Waals surface area contributed by atoms with Gasteiger partial charge in [0.2, 0.25) is 0 Å². The molecule has 2 N–H and O–H groups in total. The van der Waals surface area contributed by atoms with Crippen LogP contribution in [0, 0.1) is 11.3 Å². The first-order chi connectivity index (χ1) is 19.7. The zero-order chi connectivity index (χ0) is 28.6. The number of hydrogen-bond donors (Lipinski definition) is 2. The van der Waals surface area contributed by atoms with Gasteiger partial charge in [0.25, 0.3) is 0 Å². The Morgan fingerprint density at radius 3 is 2.76 bits per heavy atom. The molecule has 1 aromatic carbocycles. The summed E-state index contributed by atoms with van der Waals surface area (Å²) in [5, 5.41) is 18.1. The predicted molar refractivity (Wildman–Crippen MR) is 153 cm³/mol. The third-order valence-corrected chi connectivity index (χ3v) is 8.67. The fourth-order valence-corrected chi connectivity index (χ4v) is 6.63. The lowest BCUT2D eigenvalue weighted by atomic mass is 10.0. The maximum Gasteiger partial charge on any atom is 0.393 e. The molecule has 2 fully saturated rings. The van der Waals surface area contributed by atoms with Gasteiger partial charge in [0, 0.05) is 53.7 Å². The van der Waals surface area contributed by atoms with Gasteiger partial charge in [0.1, 0.15) is 28.7 Å². The minimum absolute atomic E-state index is 0.0297. The number of aromatic nitrogens is 3. The SMILES string of the molecule is C=C1CO[C@@H](Cn2c(C#N)cc3cc(CN4CCC(Nc5ncnc6sc(CC(F)(F)F)cc56)CC4)ccc32)CN1. The summed E-state index contributed by atoms with van der Waals surface area (Å²) in [4.78, 5) is 11.7. The number of likely N-dealkylation sites (tertiary alicyclic amines) is 1. The fraction of sp³-hybridized carbons (Fsp3) is 0.414. The molecule has 0 saturated carbocycles. The summed E-state index contributed by atoms with van der Waals surface area (Å²) in [7, 11) is 0. The molecule has 1 atom stereocenters. The van der Waals surface area contributed by atoms with Crippen LogP contribution in [-0.4, -0.2) is 64.0 Å². The molecule has 41 heavy (non-hydrogen) atoms. The smallest absolute Gasteiger partial charge is 0.384 e. The van der Waals surface area contributed by atoms with Gasteiger partial charge in [-0.05, 0) is 42.7 Å². The van der Waals surface area contributed by atoms with E-state index in [0.29, 0.717) is 41.4 Å². The van der Waals surface area contributed by atoms with Crippen molar-refractivity contribution in [3.8, 4) is 6.07 Å². The molecule has 4 aromatic rings. The Hall–Kier alpha value is -3.66. The molecule has 8 nitrogen and oxygen atoms in total. The maximum absolute atomic E-state index is 12.9. The van der Waals surface area contributed by atoms with Gasteiger partial charge >= 0.3 is 6.18 Å². The number of anilines is 1. The van der Waals surface area contributed by atoms with Gasteiger partial charge in [-0.15, -0.1) is 11.3 Å². The number of benzene rings is 1. The van der Waals surface area contributed by atoms with E-state index in [1.807, 2.05) is 10.6 Å². The summed E-state index contributed by atoms with van der Waals surface area (Å²) in [6.45, 7) is 8.20. The summed E-state index contributed by atoms with van der Waals surface area (Å²) in [6.07, 6.45) is -2.04. The zero-order valence-electron chi connectivity index (χ0n) is 22.4. The topological polar surface area (TPSA) is 91.0 Å². The normalized spacial score (nSPS) is 19.0. The first kappa shape index (κ1) is 27.5. The number of nitrogens with one attached hydrogen (secondary N) is 2. The van der Waals surface area contributed by atoms with E-state index in [2.05, 4.69) is 56.3 Å². The number of fused-ring (bicyclic) bond motifs is 2. The van der Waals surface area contributed by atoms with Crippen LogP contribution in [0.4, 0.5) is 19.0 Å². The van der Waals surface area contributed by atoms with Crippen molar-refractivity contribution in [3.05, 3.63) is 65.1 Å². The lowest BCUT2D eigenvalue weighted by molar-refractivity contribution is -0.126. The number of piperidine rings is 1. The quantitative estimate of drug-likeness (QED) is 0.310. The minimum atomic E-state index is -4.25. The van der Waals surface area contributed by atoms with Crippen molar-refractivity contribution >= 4 is 38.3 Å². The van der Waals surface area contributed by atoms with Gasteiger partial charge in [-0.3, -0.25) is 4.90 Å². The molecule has 0 spiro atoms. The summed E-state index contributed by atoms with van der Waals surface area (Å²) in [5.74, 6) is 0.598. The number of alkyl halides is 3. The average Bonchev–Trinajstić information content (AvgIpc) is 3.50. The second kappa shape index (κ2) is 11.3. The Morgan fingerprint density at radius 2 is 2.02 bits per heavy atom. The van der Waals surface area contributed by atoms with Crippen molar-refractivity contribution in [2.45, 2.75) is 50.7 Å². The second-order valence-corrected chi connectivity index (χ2v) is 11.8. The molecule has 214 valence electrons. The molecule has 0 radical (unpaired) electrons. The highest BCUT2D eigenvalue weighted by Crippen LogP contribution is 2.33. The van der Waals surface area contributed by atoms with Crippen LogP contribution in [0.15, 0.2) is 48.9 Å². The second-order valence-electron chi connectivity index (χ2n) is 10.7. The number of ether oxygens (including phenoxy) is 1. The molecule has 6 rings (SSSR count). The van der Waals surface area contributed by atoms with E-state index in [4.69, 9.17) is 4.74 Å². The van der Waals surface area contributed by atoms with Gasteiger partial charge in [0.05, 0.1) is 31.1 Å². The highest BCUT2D eigenvalue weighted by atomic mass is 32.1. The van der Waals surface area contributed by atoms with Gasteiger partial charge in [-0.1, -0.05) is 12.6 Å². The molecule has 0 aliphatic carbocycles. The molecule has 2 saturated heterocycles. The van der Waals surface area contributed by atoms with Crippen LogP contribution in [0.1, 0.15) is 29.0 Å². The van der Waals surface area contributed by atoms with Crippen molar-refractivity contribution < 1.29 is 17.9 Å². The Labute approximate surface area is 239 Å². The summed E-state index contributed by atoms with van der Waals surface area (Å²) < 4.78 is 46.5. The Kier molecular flexibility index (Phi) is 7.59. The molecule has 0 amide bonds. The largest absolute Gasteiger partial charge is 0.393 e. The number of halogens is 3. The molecule has 2 aliphatic heterocycles. The molecule has 0 unspecified atom stereocenters. The van der Waals surface area contributed by atoms with Crippen LogP contribution in [0.25, 0.3) is 21.1 Å². The average molecular weight is 582 g/mol. The van der Waals surface area contributed by atoms with Crippen LogP contribution in [0.3, 0.4) is 0 Å². The molecule has 2 aliphatic rings. The summed E-state index contributed by atoms with van der Waals surface area (Å²) >= 11 is 1.06. The molecule has 12 heteroatoms. The maximum atomic E-state index is 12.9. The number of thiophene rings is 1. The number of morpholine rings is 1. The fourth-order valence-electron chi connectivity index (χ4n) is 5.61. The van der Waals surface area contributed by atoms with Crippen molar-refractivity contribution in [1.82, 2.24) is 24.8 Å². The van der Waals surface area contributed by atoms with E-state index in [-0.39, 0.29) is 17.0 Å². The lowest BCUT2D eigenvalue weighted by Crippen LogP contribution is -2.39. The van der Waals surface area contributed by atoms with E-state index in [0.717, 1.165) is 60.4 Å². The van der Waals surface area contributed by atoms with E-state index in [9.17, 15) is 18.4 Å². The van der Waals surface area contributed by atoms with Gasteiger partial charge in [0.15, 0.2) is 0 Å². The van der Waals surface area contributed by atoms with E-state index < -0.39 is 12.6 Å². The molecule has 3 aromatic heterocycles. The molecule has 0 bridgehead atoms. The first-order valence-corrected chi connectivity index (χ1v) is 14.4. The highest BCUT2D eigenvalue weighted by Gasteiger charge is 2.29. The standard InChI is InChI=1S/C29H30F3N7OS/c1-18-16-40-23(13-34-18)15-39-22(12-33)9-20-8-19(2-3-26(20)39)14-38-6-4-21(5-7-38)37-27-25-10-24(11-29(30,31)32)41-28(25)36-17-35-27/h2-3,8-10,17,21,23,34H,1,4-7,11,13-16H2,(H,35,36,37)/t23-/m1/s1. The van der Waals surface area contributed by atoms with Gasteiger partial charge < -0.3 is 19.9 Å². The Bertz CT molecular complexity index is 1600. The highest BCUT2D eigenvalue weighted by molar-refractivity contribution is 7.18. The molecule has 5 heterocycles. The molecular formula is C29H30F3N7OS. The van der Waals surface area contributed by atoms with Gasteiger partial charge in [-0.2, -0.15) is 18.4 Å². The van der Waals surface area contributed by atoms with Crippen LogP contribution in [0.5, 0.6) is 0 Å².